The van der Waals surface area contributed by atoms with Crippen molar-refractivity contribution in [2.45, 2.75) is 18.9 Å². The zero-order valence-electron chi connectivity index (χ0n) is 13.9. The summed E-state index contributed by atoms with van der Waals surface area (Å²) in [5.74, 6) is -0.257. The second-order valence-electron chi connectivity index (χ2n) is 6.28. The van der Waals surface area contributed by atoms with Crippen molar-refractivity contribution in [1.82, 2.24) is 9.88 Å². The highest BCUT2D eigenvalue weighted by Crippen LogP contribution is 2.30. The van der Waals surface area contributed by atoms with E-state index in [-0.39, 0.29) is 17.6 Å². The predicted octanol–water partition coefficient (Wildman–Crippen LogP) is 3.21. The lowest BCUT2D eigenvalue weighted by molar-refractivity contribution is -0.127. The molecule has 1 aliphatic rings. The number of likely N-dealkylation sites (tertiary alicyclic amines) is 1. The van der Waals surface area contributed by atoms with Gasteiger partial charge in [0.15, 0.2) is 0 Å². The Morgan fingerprint density at radius 1 is 1.24 bits per heavy atom. The fourth-order valence-electron chi connectivity index (χ4n) is 3.12. The van der Waals surface area contributed by atoms with Crippen LogP contribution in [0.15, 0.2) is 54.9 Å². The van der Waals surface area contributed by atoms with Gasteiger partial charge in [0.2, 0.25) is 5.91 Å². The fourth-order valence-corrected chi connectivity index (χ4v) is 3.12. The number of hydrogen-bond acceptors (Lipinski definition) is 3. The van der Waals surface area contributed by atoms with Crippen molar-refractivity contribution in [3.8, 4) is 0 Å². The van der Waals surface area contributed by atoms with Crippen molar-refractivity contribution in [2.75, 3.05) is 13.1 Å². The summed E-state index contributed by atoms with van der Waals surface area (Å²) in [4.78, 5) is 18.1. The number of aliphatic hydroxyl groups is 1. The van der Waals surface area contributed by atoms with Gasteiger partial charge < -0.3 is 10.0 Å². The molecule has 1 aromatic heterocycles. The van der Waals surface area contributed by atoms with Crippen molar-refractivity contribution in [3.63, 3.8) is 0 Å². The summed E-state index contributed by atoms with van der Waals surface area (Å²) in [6.07, 6.45) is 7.55. The lowest BCUT2D eigenvalue weighted by atomic mass is 9.87. The molecule has 4 nitrogen and oxygen atoms in total. The lowest BCUT2D eigenvalue weighted by Gasteiger charge is -2.34. The molecule has 0 radical (unpaired) electrons. The summed E-state index contributed by atoms with van der Waals surface area (Å²) in [7, 11) is 0. The van der Waals surface area contributed by atoms with E-state index in [0.717, 1.165) is 24.0 Å². The second kappa shape index (κ2) is 8.03. The molecule has 1 atom stereocenters. The standard InChI is InChI=1S/C20H21FN2O2/c21-18-6-4-16(5-7-18)20(25)17-9-12-23(13-10-17)19(24)8-3-15-2-1-11-22-14-15/h1-8,11,14,17,20,25H,9-10,12-13H2/b8-3-/t20-/m0/s1. The number of aromatic nitrogens is 1. The number of nitrogens with zero attached hydrogens (tertiary/aromatic N) is 2. The minimum Gasteiger partial charge on any atom is -0.388 e. The first kappa shape index (κ1) is 17.3. The van der Waals surface area contributed by atoms with E-state index >= 15 is 0 Å². The van der Waals surface area contributed by atoms with E-state index < -0.39 is 6.10 Å². The maximum Gasteiger partial charge on any atom is 0.246 e. The van der Waals surface area contributed by atoms with Gasteiger partial charge in [0.05, 0.1) is 6.10 Å². The van der Waals surface area contributed by atoms with Crippen molar-refractivity contribution in [2.24, 2.45) is 5.92 Å². The summed E-state index contributed by atoms with van der Waals surface area (Å²) in [6.45, 7) is 1.22. The first-order valence-electron chi connectivity index (χ1n) is 8.44. The topological polar surface area (TPSA) is 53.4 Å². The van der Waals surface area contributed by atoms with Crippen LogP contribution in [0.5, 0.6) is 0 Å². The van der Waals surface area contributed by atoms with Gasteiger partial charge in [0, 0.05) is 31.6 Å². The molecule has 1 N–H and O–H groups in total. The van der Waals surface area contributed by atoms with Crippen molar-refractivity contribution in [1.29, 1.82) is 0 Å². The zero-order valence-corrected chi connectivity index (χ0v) is 13.9. The molecule has 1 aromatic carbocycles. The summed E-state index contributed by atoms with van der Waals surface area (Å²) < 4.78 is 13.0. The molecule has 25 heavy (non-hydrogen) atoms. The third-order valence-corrected chi connectivity index (χ3v) is 4.61. The first-order valence-corrected chi connectivity index (χ1v) is 8.44. The van der Waals surface area contributed by atoms with Gasteiger partial charge in [-0.15, -0.1) is 0 Å². The van der Waals surface area contributed by atoms with Crippen molar-refractivity contribution < 1.29 is 14.3 Å². The summed E-state index contributed by atoms with van der Waals surface area (Å²) in [5, 5.41) is 10.5. The summed E-state index contributed by atoms with van der Waals surface area (Å²) >= 11 is 0. The Morgan fingerprint density at radius 2 is 1.96 bits per heavy atom. The van der Waals surface area contributed by atoms with Crippen LogP contribution in [0, 0.1) is 11.7 Å². The number of halogens is 1. The fraction of sp³-hybridized carbons (Fsp3) is 0.300. The minimum absolute atomic E-state index is 0.0291. The number of aliphatic hydroxyl groups excluding tert-OH is 1. The van der Waals surface area contributed by atoms with Gasteiger partial charge in [-0.3, -0.25) is 9.78 Å². The summed E-state index contributed by atoms with van der Waals surface area (Å²) in [5.41, 5.74) is 1.61. The zero-order chi connectivity index (χ0) is 17.6. The molecule has 0 saturated carbocycles. The Kier molecular flexibility index (Phi) is 5.56. The largest absolute Gasteiger partial charge is 0.388 e. The molecule has 1 amide bonds. The van der Waals surface area contributed by atoms with Gasteiger partial charge in [0.1, 0.15) is 5.82 Å². The first-order chi connectivity index (χ1) is 12.1. The number of pyridine rings is 1. The van der Waals surface area contributed by atoms with Crippen LogP contribution < -0.4 is 0 Å². The van der Waals surface area contributed by atoms with Crippen LogP contribution in [0.25, 0.3) is 6.08 Å². The molecule has 1 fully saturated rings. The van der Waals surface area contributed by atoms with Gasteiger partial charge in [-0.25, -0.2) is 4.39 Å². The van der Waals surface area contributed by atoms with Crippen LogP contribution in [0.3, 0.4) is 0 Å². The van der Waals surface area contributed by atoms with E-state index in [2.05, 4.69) is 4.98 Å². The number of carbonyl (C=O) groups is 1. The molecule has 1 aliphatic heterocycles. The second-order valence-corrected chi connectivity index (χ2v) is 6.28. The van der Waals surface area contributed by atoms with Crippen LogP contribution in [0.4, 0.5) is 4.39 Å². The normalized spacial score (nSPS) is 17.0. The number of amides is 1. The van der Waals surface area contributed by atoms with Crippen LogP contribution in [0.2, 0.25) is 0 Å². The molecular weight excluding hydrogens is 319 g/mol. The van der Waals surface area contributed by atoms with E-state index in [1.807, 2.05) is 12.1 Å². The van der Waals surface area contributed by atoms with Gasteiger partial charge in [0.25, 0.3) is 0 Å². The Bertz CT molecular complexity index is 723. The lowest BCUT2D eigenvalue weighted by Crippen LogP contribution is -2.38. The monoisotopic (exact) mass is 340 g/mol. The molecule has 3 rings (SSSR count). The molecule has 0 spiro atoms. The number of carbonyl (C=O) groups excluding carboxylic acids is 1. The Balaban J connectivity index is 1.53. The van der Waals surface area contributed by atoms with E-state index in [4.69, 9.17) is 0 Å². The van der Waals surface area contributed by atoms with Gasteiger partial charge in [-0.05, 0) is 54.2 Å². The molecule has 0 aliphatic carbocycles. The average molecular weight is 340 g/mol. The maximum atomic E-state index is 13.0. The smallest absolute Gasteiger partial charge is 0.246 e. The molecule has 2 aromatic rings. The number of piperidine rings is 1. The number of hydrogen-bond donors (Lipinski definition) is 1. The Labute approximate surface area is 146 Å². The predicted molar refractivity (Wildman–Crippen MR) is 93.9 cm³/mol. The molecule has 0 bridgehead atoms. The molecule has 2 heterocycles. The SMILES string of the molecule is O=C(/C=C\c1cccnc1)N1CCC([C@@H](O)c2ccc(F)cc2)CC1. The van der Waals surface area contributed by atoms with Crippen LogP contribution in [0.1, 0.15) is 30.1 Å². The maximum absolute atomic E-state index is 13.0. The van der Waals surface area contributed by atoms with Gasteiger partial charge in [-0.1, -0.05) is 18.2 Å². The third-order valence-electron chi connectivity index (χ3n) is 4.61. The van der Waals surface area contributed by atoms with Gasteiger partial charge in [-0.2, -0.15) is 0 Å². The molecule has 0 unspecified atom stereocenters. The third kappa shape index (κ3) is 4.51. The van der Waals surface area contributed by atoms with Gasteiger partial charge >= 0.3 is 0 Å². The molecular formula is C20H21FN2O2. The quantitative estimate of drug-likeness (QED) is 0.870. The number of rotatable bonds is 4. The number of benzene rings is 1. The van der Waals surface area contributed by atoms with Crippen molar-refractivity contribution in [3.05, 3.63) is 71.8 Å². The van der Waals surface area contributed by atoms with E-state index in [9.17, 15) is 14.3 Å². The highest BCUT2D eigenvalue weighted by Gasteiger charge is 2.27. The van der Waals surface area contributed by atoms with E-state index in [1.165, 1.54) is 12.1 Å². The molecule has 1 saturated heterocycles. The van der Waals surface area contributed by atoms with Crippen LogP contribution in [-0.2, 0) is 4.79 Å². The molecule has 5 heteroatoms. The minimum atomic E-state index is -0.621. The van der Waals surface area contributed by atoms with E-state index in [0.29, 0.717) is 13.1 Å². The van der Waals surface area contributed by atoms with E-state index in [1.54, 1.807) is 41.6 Å². The van der Waals surface area contributed by atoms with Crippen molar-refractivity contribution >= 4 is 12.0 Å². The highest BCUT2D eigenvalue weighted by molar-refractivity contribution is 5.91. The Hall–Kier alpha value is -2.53. The van der Waals surface area contributed by atoms with Crippen LogP contribution in [-0.4, -0.2) is 34.0 Å². The highest BCUT2D eigenvalue weighted by atomic mass is 19.1. The summed E-state index contributed by atoms with van der Waals surface area (Å²) in [6, 6.07) is 9.68. The molecule has 130 valence electrons. The average Bonchev–Trinajstić information content (AvgIpc) is 2.67. The van der Waals surface area contributed by atoms with Crippen LogP contribution >= 0.6 is 0 Å². The Morgan fingerprint density at radius 3 is 2.60 bits per heavy atom.